The standard InChI is InChI=1S/C26H30ClN5O3/c1-32-10-3-4-26(33)28-9-11-35-24-14-20(6-8-23(24)34-2)31-25-15-21(29-17-30-25)13-18-5-7-22(27)19(12-18)16-32/h5-8,12,14-15,17H,3-4,9-11,13,16H2,1-2H3,(H,28,33)(H,29,30,31). The number of carbonyl (C=O) groups is 1. The Morgan fingerprint density at radius 2 is 2.03 bits per heavy atom. The van der Waals surface area contributed by atoms with Crippen LogP contribution in [-0.2, 0) is 17.8 Å². The van der Waals surface area contributed by atoms with Gasteiger partial charge in [-0.05, 0) is 49.3 Å². The van der Waals surface area contributed by atoms with Gasteiger partial charge in [-0.25, -0.2) is 9.97 Å². The van der Waals surface area contributed by atoms with Crippen molar-refractivity contribution in [2.24, 2.45) is 0 Å². The van der Waals surface area contributed by atoms with Crippen LogP contribution in [0.1, 0.15) is 29.7 Å². The lowest BCUT2D eigenvalue weighted by Crippen LogP contribution is -2.29. The second-order valence-corrected chi connectivity index (χ2v) is 8.93. The molecule has 1 aliphatic rings. The summed E-state index contributed by atoms with van der Waals surface area (Å²) in [4.78, 5) is 23.2. The molecule has 1 aliphatic heterocycles. The molecule has 2 aromatic carbocycles. The van der Waals surface area contributed by atoms with Crippen LogP contribution in [0.4, 0.5) is 11.5 Å². The van der Waals surface area contributed by atoms with Gasteiger partial charge in [0.2, 0.25) is 5.91 Å². The van der Waals surface area contributed by atoms with E-state index in [-0.39, 0.29) is 5.91 Å². The van der Waals surface area contributed by atoms with Gasteiger partial charge in [-0.15, -0.1) is 0 Å². The Bertz CT molecular complexity index is 1170. The molecule has 0 fully saturated rings. The third-order valence-electron chi connectivity index (χ3n) is 5.72. The molecule has 35 heavy (non-hydrogen) atoms. The number of fused-ring (bicyclic) bond motifs is 6. The van der Waals surface area contributed by atoms with E-state index in [4.69, 9.17) is 21.1 Å². The number of nitrogens with one attached hydrogen (secondary N) is 2. The molecule has 1 aromatic heterocycles. The van der Waals surface area contributed by atoms with E-state index in [1.807, 2.05) is 43.4 Å². The van der Waals surface area contributed by atoms with Crippen LogP contribution < -0.4 is 20.1 Å². The van der Waals surface area contributed by atoms with E-state index in [2.05, 4.69) is 31.6 Å². The molecular formula is C26H30ClN5O3. The molecule has 184 valence electrons. The van der Waals surface area contributed by atoms with Crippen LogP contribution >= 0.6 is 11.6 Å². The summed E-state index contributed by atoms with van der Waals surface area (Å²) in [6, 6.07) is 13.6. The molecule has 0 aliphatic carbocycles. The van der Waals surface area contributed by atoms with Gasteiger partial charge in [0.15, 0.2) is 11.5 Å². The normalized spacial score (nSPS) is 15.7. The minimum Gasteiger partial charge on any atom is -0.493 e. The van der Waals surface area contributed by atoms with Crippen molar-refractivity contribution < 1.29 is 14.3 Å². The second-order valence-electron chi connectivity index (χ2n) is 8.53. The predicted octanol–water partition coefficient (Wildman–Crippen LogP) is 4.19. The van der Waals surface area contributed by atoms with Crippen molar-refractivity contribution in [3.8, 4) is 11.5 Å². The Labute approximate surface area is 210 Å². The maximum Gasteiger partial charge on any atom is 0.220 e. The highest BCUT2D eigenvalue weighted by Gasteiger charge is 2.11. The van der Waals surface area contributed by atoms with Crippen LogP contribution in [0.25, 0.3) is 0 Å². The lowest BCUT2D eigenvalue weighted by atomic mass is 10.1. The average Bonchev–Trinajstić information content (AvgIpc) is 2.84. The number of methoxy groups -OCH3 is 1. The predicted molar refractivity (Wildman–Crippen MR) is 137 cm³/mol. The van der Waals surface area contributed by atoms with Crippen molar-refractivity contribution in [2.75, 3.05) is 39.2 Å². The van der Waals surface area contributed by atoms with E-state index in [0.29, 0.717) is 49.9 Å². The summed E-state index contributed by atoms with van der Waals surface area (Å²) in [5.41, 5.74) is 3.87. The molecular weight excluding hydrogens is 466 g/mol. The topological polar surface area (TPSA) is 88.6 Å². The molecule has 0 saturated carbocycles. The molecule has 6 bridgehead atoms. The third kappa shape index (κ3) is 7.07. The highest BCUT2D eigenvalue weighted by atomic mass is 35.5. The zero-order valence-corrected chi connectivity index (χ0v) is 20.8. The van der Waals surface area contributed by atoms with E-state index < -0.39 is 0 Å². The number of hydrogen-bond donors (Lipinski definition) is 2. The Balaban J connectivity index is 1.60. The molecule has 0 saturated heterocycles. The number of aromatic nitrogens is 2. The first-order valence-corrected chi connectivity index (χ1v) is 12.0. The van der Waals surface area contributed by atoms with Crippen LogP contribution in [0, 0.1) is 0 Å². The Morgan fingerprint density at radius 3 is 2.89 bits per heavy atom. The van der Waals surface area contributed by atoms with Crippen LogP contribution in [0.5, 0.6) is 11.5 Å². The van der Waals surface area contributed by atoms with Gasteiger partial charge in [0.1, 0.15) is 18.8 Å². The fourth-order valence-electron chi connectivity index (χ4n) is 3.97. The summed E-state index contributed by atoms with van der Waals surface area (Å²) < 4.78 is 11.3. The molecule has 8 nitrogen and oxygen atoms in total. The molecule has 2 N–H and O–H groups in total. The minimum atomic E-state index is 0.00755. The summed E-state index contributed by atoms with van der Waals surface area (Å²) in [6.07, 6.45) is 3.42. The zero-order valence-electron chi connectivity index (χ0n) is 20.0. The maximum atomic E-state index is 12.2. The van der Waals surface area contributed by atoms with Gasteiger partial charge in [-0.2, -0.15) is 0 Å². The number of hydrogen-bond acceptors (Lipinski definition) is 7. The zero-order chi connectivity index (χ0) is 24.6. The quantitative estimate of drug-likeness (QED) is 0.523. The maximum absolute atomic E-state index is 12.2. The molecule has 2 heterocycles. The highest BCUT2D eigenvalue weighted by Crippen LogP contribution is 2.31. The van der Waals surface area contributed by atoms with Gasteiger partial charge in [0.25, 0.3) is 0 Å². The number of nitrogens with zero attached hydrogens (tertiary/aromatic N) is 3. The van der Waals surface area contributed by atoms with E-state index in [1.165, 1.54) is 0 Å². The van der Waals surface area contributed by atoms with Crippen LogP contribution in [0.2, 0.25) is 5.02 Å². The highest BCUT2D eigenvalue weighted by molar-refractivity contribution is 6.31. The molecule has 0 unspecified atom stereocenters. The summed E-state index contributed by atoms with van der Waals surface area (Å²) in [6.45, 7) is 2.23. The van der Waals surface area contributed by atoms with Gasteiger partial charge < -0.3 is 25.0 Å². The number of carbonyl (C=O) groups excluding carboxylic acids is 1. The molecule has 3 aromatic rings. The van der Waals surface area contributed by atoms with Gasteiger partial charge in [0.05, 0.1) is 19.3 Å². The lowest BCUT2D eigenvalue weighted by molar-refractivity contribution is -0.121. The van der Waals surface area contributed by atoms with Gasteiger partial charge in [-0.3, -0.25) is 4.79 Å². The lowest BCUT2D eigenvalue weighted by Gasteiger charge is -2.18. The van der Waals surface area contributed by atoms with Crippen molar-refractivity contribution in [1.82, 2.24) is 20.2 Å². The van der Waals surface area contributed by atoms with Crippen molar-refractivity contribution >= 4 is 29.0 Å². The summed E-state index contributed by atoms with van der Waals surface area (Å²) in [5.74, 6) is 1.89. The Kier molecular flexibility index (Phi) is 8.39. The minimum absolute atomic E-state index is 0.00755. The number of halogens is 1. The molecule has 9 heteroatoms. The fraction of sp³-hybridized carbons (Fsp3) is 0.346. The molecule has 1 amide bonds. The van der Waals surface area contributed by atoms with Gasteiger partial charge >= 0.3 is 0 Å². The van der Waals surface area contributed by atoms with Crippen molar-refractivity contribution in [2.45, 2.75) is 25.8 Å². The number of amides is 1. The third-order valence-corrected chi connectivity index (χ3v) is 6.09. The fourth-order valence-corrected chi connectivity index (χ4v) is 4.14. The summed E-state index contributed by atoms with van der Waals surface area (Å²) >= 11 is 6.48. The SMILES string of the molecule is COc1ccc2cc1OCCNC(=O)CCCN(C)Cc1cc(ccc1Cl)Cc1cc(ncn1)N2. The van der Waals surface area contributed by atoms with Crippen molar-refractivity contribution in [3.05, 3.63) is 70.6 Å². The Morgan fingerprint density at radius 1 is 1.14 bits per heavy atom. The first-order valence-electron chi connectivity index (χ1n) is 11.6. The monoisotopic (exact) mass is 495 g/mol. The molecule has 0 atom stereocenters. The average molecular weight is 496 g/mol. The van der Waals surface area contributed by atoms with Crippen LogP contribution in [0.15, 0.2) is 48.8 Å². The van der Waals surface area contributed by atoms with Crippen LogP contribution in [-0.4, -0.2) is 54.6 Å². The van der Waals surface area contributed by atoms with E-state index in [0.717, 1.165) is 40.5 Å². The molecule has 0 spiro atoms. The number of benzene rings is 2. The van der Waals surface area contributed by atoms with Gasteiger partial charge in [0, 0.05) is 42.2 Å². The smallest absolute Gasteiger partial charge is 0.220 e. The van der Waals surface area contributed by atoms with Gasteiger partial charge in [-0.1, -0.05) is 23.7 Å². The van der Waals surface area contributed by atoms with Crippen molar-refractivity contribution in [3.63, 3.8) is 0 Å². The van der Waals surface area contributed by atoms with E-state index in [9.17, 15) is 4.79 Å². The summed E-state index contributed by atoms with van der Waals surface area (Å²) in [5, 5.41) is 6.96. The van der Waals surface area contributed by atoms with Crippen molar-refractivity contribution in [1.29, 1.82) is 0 Å². The molecule has 4 rings (SSSR count). The first kappa shape index (κ1) is 24.8. The largest absolute Gasteiger partial charge is 0.493 e. The Hall–Kier alpha value is -3.36. The second kappa shape index (κ2) is 11.9. The van der Waals surface area contributed by atoms with Crippen LogP contribution in [0.3, 0.4) is 0 Å². The molecule has 0 radical (unpaired) electrons. The first-order chi connectivity index (χ1) is 17.0. The van der Waals surface area contributed by atoms with E-state index >= 15 is 0 Å². The number of anilines is 2. The summed E-state index contributed by atoms with van der Waals surface area (Å²) in [7, 11) is 3.63. The number of ether oxygens (including phenoxy) is 2. The van der Waals surface area contributed by atoms with E-state index in [1.54, 1.807) is 13.4 Å². The number of rotatable bonds is 1.